The highest BCUT2D eigenvalue weighted by Crippen LogP contribution is 2.14. The number of alkyl carbamates (subject to hydrolysis) is 1. The van der Waals surface area contributed by atoms with Gasteiger partial charge in [-0.2, -0.15) is 0 Å². The zero-order valence-corrected chi connectivity index (χ0v) is 15.2. The number of halogens is 1. The van der Waals surface area contributed by atoms with Crippen LogP contribution in [0, 0.1) is 0 Å². The molecule has 0 aromatic rings. The number of esters is 1. The molecule has 2 amide bonds. The van der Waals surface area contributed by atoms with Gasteiger partial charge in [-0.25, -0.2) is 9.59 Å². The first-order chi connectivity index (χ1) is 10.0. The van der Waals surface area contributed by atoms with Gasteiger partial charge in [0.15, 0.2) is 0 Å². The fraction of sp³-hybridized carbons (Fsp3) is 0.769. The lowest BCUT2D eigenvalue weighted by molar-refractivity contribution is -0.151. The summed E-state index contributed by atoms with van der Waals surface area (Å²) in [6, 6.07) is -0.897. The van der Waals surface area contributed by atoms with Crippen molar-refractivity contribution >= 4 is 33.9 Å². The molecule has 1 unspecified atom stereocenters. The maximum absolute atomic E-state index is 12.3. The normalized spacial score (nSPS) is 15.2. The average Bonchev–Trinajstić information content (AvgIpc) is 2.41. The molecule has 9 heteroatoms. The Balaban J connectivity index is 5.05. The molecule has 2 atom stereocenters. The molecule has 0 aromatic carbocycles. The third-order valence-corrected chi connectivity index (χ3v) is 3.30. The molecule has 2 N–H and O–H groups in total. The van der Waals surface area contributed by atoms with Crippen molar-refractivity contribution in [2.45, 2.75) is 45.1 Å². The molecule has 22 heavy (non-hydrogen) atoms. The Morgan fingerprint density at radius 2 is 1.73 bits per heavy atom. The minimum absolute atomic E-state index is 0.0462. The van der Waals surface area contributed by atoms with E-state index >= 15 is 0 Å². The lowest BCUT2D eigenvalue weighted by atomic mass is 10.2. The lowest BCUT2D eigenvalue weighted by Gasteiger charge is -2.32. The fourth-order valence-electron chi connectivity index (χ4n) is 1.37. The van der Waals surface area contributed by atoms with Gasteiger partial charge < -0.3 is 19.5 Å². The highest BCUT2D eigenvalue weighted by atomic mass is 79.9. The van der Waals surface area contributed by atoms with E-state index < -0.39 is 35.3 Å². The smallest absolute Gasteiger partial charge is 0.410 e. The van der Waals surface area contributed by atoms with Crippen molar-refractivity contribution in [3.8, 4) is 0 Å². The number of carbonyl (C=O) groups is 3. The molecule has 0 rings (SSSR count). The second-order valence-corrected chi connectivity index (χ2v) is 6.07. The van der Waals surface area contributed by atoms with Crippen LogP contribution in [0.25, 0.3) is 0 Å². The van der Waals surface area contributed by atoms with Crippen LogP contribution in [0.15, 0.2) is 0 Å². The van der Waals surface area contributed by atoms with Crippen molar-refractivity contribution in [2.24, 2.45) is 0 Å². The number of alkyl halides is 1. The van der Waals surface area contributed by atoms with Crippen molar-refractivity contribution in [2.75, 3.05) is 19.5 Å². The number of rotatable bonds is 6. The van der Waals surface area contributed by atoms with E-state index in [1.165, 1.54) is 21.1 Å². The monoisotopic (exact) mass is 382 g/mol. The fourth-order valence-corrected chi connectivity index (χ4v) is 1.99. The Morgan fingerprint density at radius 1 is 1.18 bits per heavy atom. The van der Waals surface area contributed by atoms with Crippen molar-refractivity contribution in [1.29, 1.82) is 0 Å². The van der Waals surface area contributed by atoms with E-state index in [9.17, 15) is 14.4 Å². The highest BCUT2D eigenvalue weighted by molar-refractivity contribution is 9.09. The van der Waals surface area contributed by atoms with Crippen LogP contribution in [-0.4, -0.2) is 54.9 Å². The Bertz CT molecular complexity index is 417. The van der Waals surface area contributed by atoms with E-state index in [0.29, 0.717) is 0 Å². The summed E-state index contributed by atoms with van der Waals surface area (Å²) < 4.78 is 14.7. The highest BCUT2D eigenvalue weighted by Gasteiger charge is 2.41. The minimum Gasteiger partial charge on any atom is -0.467 e. The van der Waals surface area contributed by atoms with Gasteiger partial charge >= 0.3 is 12.1 Å². The zero-order valence-electron chi connectivity index (χ0n) is 13.6. The Kier molecular flexibility index (Phi) is 7.82. The summed E-state index contributed by atoms with van der Waals surface area (Å²) in [4.78, 5) is 35.5. The number of nitrogens with one attached hydrogen (secondary N) is 2. The molecule has 128 valence electrons. The summed E-state index contributed by atoms with van der Waals surface area (Å²) in [5.74, 6) is -1.33. The van der Waals surface area contributed by atoms with Crippen LogP contribution in [0.2, 0.25) is 0 Å². The second kappa shape index (κ2) is 8.33. The van der Waals surface area contributed by atoms with Crippen LogP contribution in [0.4, 0.5) is 4.79 Å². The number of hydrogen-bond donors (Lipinski definition) is 2. The maximum atomic E-state index is 12.3. The maximum Gasteiger partial charge on any atom is 0.410 e. The molecular weight excluding hydrogens is 360 g/mol. The van der Waals surface area contributed by atoms with E-state index in [1.807, 2.05) is 0 Å². The number of ether oxygens (including phenoxy) is 3. The van der Waals surface area contributed by atoms with Gasteiger partial charge in [0.2, 0.25) is 5.72 Å². The molecule has 0 saturated heterocycles. The minimum atomic E-state index is -1.72. The first-order valence-electron chi connectivity index (χ1n) is 6.52. The molecule has 0 aliphatic heterocycles. The number of amides is 2. The predicted octanol–water partition coefficient (Wildman–Crippen LogP) is 0.926. The molecular formula is C13H23BrN2O6. The molecule has 8 nitrogen and oxygen atoms in total. The van der Waals surface area contributed by atoms with Crippen LogP contribution < -0.4 is 10.6 Å². The SMILES string of the molecule is COC(=O)[C@@H](C)NC(=O)C(CBr)(NC(=O)OC(C)(C)C)OC. The van der Waals surface area contributed by atoms with Gasteiger partial charge in [0, 0.05) is 7.11 Å². The van der Waals surface area contributed by atoms with Crippen LogP contribution in [0.3, 0.4) is 0 Å². The van der Waals surface area contributed by atoms with Gasteiger partial charge in [0.25, 0.3) is 5.91 Å². The Hall–Kier alpha value is -1.35. The topological polar surface area (TPSA) is 103 Å². The molecule has 0 fully saturated rings. The van der Waals surface area contributed by atoms with Gasteiger partial charge in [-0.3, -0.25) is 10.1 Å². The molecule has 0 aliphatic carbocycles. The molecule has 0 aliphatic rings. The molecule has 0 heterocycles. The predicted molar refractivity (Wildman–Crippen MR) is 82.5 cm³/mol. The van der Waals surface area contributed by atoms with Crippen molar-refractivity contribution < 1.29 is 28.6 Å². The quantitative estimate of drug-likeness (QED) is 0.402. The van der Waals surface area contributed by atoms with Gasteiger partial charge in [-0.1, -0.05) is 15.9 Å². The lowest BCUT2D eigenvalue weighted by Crippen LogP contribution is -2.63. The number of methoxy groups -OCH3 is 2. The standard InChI is InChI=1S/C13H23BrN2O6/c1-8(9(17)20-5)15-10(18)13(7-14,21-6)16-11(19)22-12(2,3)4/h8H,7H2,1-6H3,(H,15,18)(H,16,19)/t8-,13?/m1/s1. The van der Waals surface area contributed by atoms with Crippen LogP contribution >= 0.6 is 15.9 Å². The first-order valence-corrected chi connectivity index (χ1v) is 7.64. The Labute approximate surface area is 138 Å². The molecule has 0 spiro atoms. The summed E-state index contributed by atoms with van der Waals surface area (Å²) in [6.07, 6.45) is -0.824. The van der Waals surface area contributed by atoms with Crippen LogP contribution in [-0.2, 0) is 23.8 Å². The number of hydrogen-bond acceptors (Lipinski definition) is 6. The third kappa shape index (κ3) is 6.18. The zero-order chi connectivity index (χ0) is 17.6. The van der Waals surface area contributed by atoms with Gasteiger partial charge in [-0.05, 0) is 27.7 Å². The molecule has 0 aromatic heterocycles. The van der Waals surface area contributed by atoms with E-state index in [0.717, 1.165) is 0 Å². The van der Waals surface area contributed by atoms with Gasteiger partial charge in [0.1, 0.15) is 11.6 Å². The van der Waals surface area contributed by atoms with Crippen LogP contribution in [0.1, 0.15) is 27.7 Å². The second-order valence-electron chi connectivity index (χ2n) is 5.51. The van der Waals surface area contributed by atoms with Gasteiger partial charge in [0.05, 0.1) is 12.4 Å². The molecule has 0 saturated carbocycles. The Morgan fingerprint density at radius 3 is 2.09 bits per heavy atom. The summed E-state index contributed by atoms with van der Waals surface area (Å²) in [6.45, 7) is 6.52. The van der Waals surface area contributed by atoms with E-state index in [2.05, 4.69) is 31.3 Å². The molecule has 0 bridgehead atoms. The number of carbonyl (C=O) groups excluding carboxylic acids is 3. The van der Waals surface area contributed by atoms with Crippen molar-refractivity contribution in [3.05, 3.63) is 0 Å². The summed E-state index contributed by atoms with van der Waals surface area (Å²) in [7, 11) is 2.46. The van der Waals surface area contributed by atoms with E-state index in [4.69, 9.17) is 9.47 Å². The van der Waals surface area contributed by atoms with Crippen molar-refractivity contribution in [1.82, 2.24) is 10.6 Å². The van der Waals surface area contributed by atoms with Gasteiger partial charge in [-0.15, -0.1) is 0 Å². The summed E-state index contributed by atoms with van der Waals surface area (Å²) >= 11 is 3.11. The first kappa shape index (κ1) is 20.6. The summed E-state index contributed by atoms with van der Waals surface area (Å²) in [5.41, 5.74) is -2.45. The van der Waals surface area contributed by atoms with Crippen molar-refractivity contribution in [3.63, 3.8) is 0 Å². The largest absolute Gasteiger partial charge is 0.467 e. The third-order valence-electron chi connectivity index (χ3n) is 2.51. The summed E-state index contributed by atoms with van der Waals surface area (Å²) in [5, 5.41) is 4.71. The molecule has 0 radical (unpaired) electrons. The van der Waals surface area contributed by atoms with E-state index in [1.54, 1.807) is 20.8 Å². The van der Waals surface area contributed by atoms with E-state index in [-0.39, 0.29) is 5.33 Å². The average molecular weight is 383 g/mol. The van der Waals surface area contributed by atoms with Crippen LogP contribution in [0.5, 0.6) is 0 Å².